The second-order valence-electron chi connectivity index (χ2n) is 5.53. The molecule has 0 radical (unpaired) electrons. The van der Waals surface area contributed by atoms with Crippen molar-refractivity contribution in [1.82, 2.24) is 19.9 Å². The fourth-order valence-corrected chi connectivity index (χ4v) is 3.18. The minimum atomic E-state index is -4.37. The topological polar surface area (TPSA) is 66.5 Å². The van der Waals surface area contributed by atoms with Gasteiger partial charge in [-0.2, -0.15) is 13.2 Å². The van der Waals surface area contributed by atoms with Crippen LogP contribution in [0.4, 0.5) is 19.0 Å². The van der Waals surface area contributed by atoms with Gasteiger partial charge in [-0.25, -0.2) is 15.0 Å². The molecular formula is C17H12F3N5S. The highest BCUT2D eigenvalue weighted by molar-refractivity contribution is 7.13. The Morgan fingerprint density at radius 3 is 2.77 bits per heavy atom. The molecule has 0 amide bonds. The second kappa shape index (κ2) is 6.41. The molecule has 1 aromatic carbocycles. The van der Waals surface area contributed by atoms with Crippen LogP contribution in [0.2, 0.25) is 0 Å². The molecule has 0 aliphatic heterocycles. The highest BCUT2D eigenvalue weighted by Gasteiger charge is 2.30. The molecule has 0 atom stereocenters. The van der Waals surface area contributed by atoms with Gasteiger partial charge in [0.25, 0.3) is 0 Å². The molecule has 132 valence electrons. The number of alkyl halides is 3. The van der Waals surface area contributed by atoms with Crippen molar-refractivity contribution in [3.05, 3.63) is 59.2 Å². The number of aromatic nitrogens is 4. The SMILES string of the molecule is FC(F)(F)c1cccc(CNc2nc(-c3cccs3)nc3nc[nH]c23)c1. The van der Waals surface area contributed by atoms with E-state index >= 15 is 0 Å². The lowest BCUT2D eigenvalue weighted by atomic mass is 10.1. The van der Waals surface area contributed by atoms with E-state index in [2.05, 4.69) is 25.3 Å². The lowest BCUT2D eigenvalue weighted by Crippen LogP contribution is -2.08. The smallest absolute Gasteiger partial charge is 0.364 e. The van der Waals surface area contributed by atoms with Crippen LogP contribution in [0.15, 0.2) is 48.1 Å². The molecule has 3 aromatic heterocycles. The summed E-state index contributed by atoms with van der Waals surface area (Å²) in [5.74, 6) is 1.01. The lowest BCUT2D eigenvalue weighted by Gasteiger charge is -2.11. The maximum atomic E-state index is 12.9. The number of H-pyrrole nitrogens is 1. The van der Waals surface area contributed by atoms with Gasteiger partial charge in [0.1, 0.15) is 5.52 Å². The first-order valence-corrected chi connectivity index (χ1v) is 8.54. The van der Waals surface area contributed by atoms with Gasteiger partial charge >= 0.3 is 6.18 Å². The molecule has 3 heterocycles. The van der Waals surface area contributed by atoms with Crippen molar-refractivity contribution in [2.24, 2.45) is 0 Å². The number of fused-ring (bicyclic) bond motifs is 1. The molecule has 2 N–H and O–H groups in total. The number of benzene rings is 1. The van der Waals surface area contributed by atoms with E-state index in [1.807, 2.05) is 17.5 Å². The highest BCUT2D eigenvalue weighted by atomic mass is 32.1. The number of hydrogen-bond acceptors (Lipinski definition) is 5. The first kappa shape index (κ1) is 16.5. The Labute approximate surface area is 150 Å². The number of hydrogen-bond donors (Lipinski definition) is 2. The van der Waals surface area contributed by atoms with Crippen LogP contribution in [0.3, 0.4) is 0 Å². The normalized spacial score (nSPS) is 11.8. The van der Waals surface area contributed by atoms with Gasteiger partial charge in [0, 0.05) is 6.54 Å². The third-order valence-corrected chi connectivity index (χ3v) is 4.61. The molecule has 0 bridgehead atoms. The number of rotatable bonds is 4. The van der Waals surface area contributed by atoms with Gasteiger partial charge in [0.15, 0.2) is 17.3 Å². The molecule has 9 heteroatoms. The number of nitrogens with one attached hydrogen (secondary N) is 2. The first-order chi connectivity index (χ1) is 12.5. The zero-order chi connectivity index (χ0) is 18.1. The van der Waals surface area contributed by atoms with E-state index in [4.69, 9.17) is 0 Å². The van der Waals surface area contributed by atoms with Crippen molar-refractivity contribution in [3.63, 3.8) is 0 Å². The summed E-state index contributed by atoms with van der Waals surface area (Å²) in [6.45, 7) is 0.193. The molecule has 0 aliphatic rings. The molecule has 4 aromatic rings. The maximum Gasteiger partial charge on any atom is 0.416 e. The Kier molecular flexibility index (Phi) is 4.08. The standard InChI is InChI=1S/C17H12F3N5S/c18-17(19,20)11-4-1-3-10(7-11)8-21-15-13-16(23-9-22-13)25-14(24-15)12-5-2-6-26-12/h1-7,9H,8H2,(H2,21,22,23,24,25). The lowest BCUT2D eigenvalue weighted by molar-refractivity contribution is -0.137. The predicted octanol–water partition coefficient (Wildman–Crippen LogP) is 4.71. The van der Waals surface area contributed by atoms with Gasteiger partial charge < -0.3 is 10.3 Å². The summed E-state index contributed by atoms with van der Waals surface area (Å²) in [6, 6.07) is 8.99. The number of aromatic amines is 1. The minimum absolute atomic E-state index is 0.193. The molecule has 5 nitrogen and oxygen atoms in total. The predicted molar refractivity (Wildman–Crippen MR) is 93.8 cm³/mol. The second-order valence-corrected chi connectivity index (χ2v) is 6.47. The van der Waals surface area contributed by atoms with E-state index in [1.54, 1.807) is 6.07 Å². The zero-order valence-corrected chi connectivity index (χ0v) is 14.0. The van der Waals surface area contributed by atoms with Crippen LogP contribution < -0.4 is 5.32 Å². The third-order valence-electron chi connectivity index (χ3n) is 3.74. The van der Waals surface area contributed by atoms with Crippen LogP contribution in [0.25, 0.3) is 21.9 Å². The molecule has 0 fully saturated rings. The van der Waals surface area contributed by atoms with Crippen molar-refractivity contribution < 1.29 is 13.2 Å². The number of nitrogens with zero attached hydrogens (tertiary/aromatic N) is 3. The van der Waals surface area contributed by atoms with E-state index in [0.29, 0.717) is 28.4 Å². The molecule has 26 heavy (non-hydrogen) atoms. The Hall–Kier alpha value is -2.94. The summed E-state index contributed by atoms with van der Waals surface area (Å²) < 4.78 is 38.6. The van der Waals surface area contributed by atoms with Crippen LogP contribution in [-0.4, -0.2) is 19.9 Å². The quantitative estimate of drug-likeness (QED) is 0.542. The highest BCUT2D eigenvalue weighted by Crippen LogP contribution is 2.30. The third kappa shape index (κ3) is 3.25. The molecular weight excluding hydrogens is 363 g/mol. The van der Waals surface area contributed by atoms with Crippen LogP contribution in [0.5, 0.6) is 0 Å². The monoisotopic (exact) mass is 375 g/mol. The van der Waals surface area contributed by atoms with E-state index in [9.17, 15) is 13.2 Å². The van der Waals surface area contributed by atoms with E-state index in [1.165, 1.54) is 23.7 Å². The van der Waals surface area contributed by atoms with Crippen LogP contribution in [0, 0.1) is 0 Å². The van der Waals surface area contributed by atoms with Crippen LogP contribution in [-0.2, 0) is 12.7 Å². The average molecular weight is 375 g/mol. The Bertz CT molecular complexity index is 1040. The molecule has 0 saturated heterocycles. The van der Waals surface area contributed by atoms with E-state index in [0.717, 1.165) is 17.0 Å². The summed E-state index contributed by atoms with van der Waals surface area (Å²) in [5.41, 5.74) is 0.932. The Morgan fingerprint density at radius 2 is 2.00 bits per heavy atom. The number of anilines is 1. The van der Waals surface area contributed by atoms with Crippen molar-refractivity contribution in [1.29, 1.82) is 0 Å². The Balaban J connectivity index is 1.64. The summed E-state index contributed by atoms with van der Waals surface area (Å²) in [7, 11) is 0. The summed E-state index contributed by atoms with van der Waals surface area (Å²) in [6.07, 6.45) is -2.86. The van der Waals surface area contributed by atoms with Gasteiger partial charge in [-0.05, 0) is 29.1 Å². The van der Waals surface area contributed by atoms with Crippen molar-refractivity contribution in [3.8, 4) is 10.7 Å². The van der Waals surface area contributed by atoms with Gasteiger partial charge in [0.2, 0.25) is 0 Å². The van der Waals surface area contributed by atoms with Crippen molar-refractivity contribution >= 4 is 28.3 Å². The minimum Gasteiger partial charge on any atom is -0.364 e. The number of halogens is 3. The average Bonchev–Trinajstić information content (AvgIpc) is 3.30. The summed E-state index contributed by atoms with van der Waals surface area (Å²) in [4.78, 5) is 16.9. The molecule has 0 unspecified atom stereocenters. The largest absolute Gasteiger partial charge is 0.416 e. The first-order valence-electron chi connectivity index (χ1n) is 7.66. The fourth-order valence-electron chi connectivity index (χ4n) is 2.52. The molecule has 0 spiro atoms. The van der Waals surface area contributed by atoms with Crippen LogP contribution >= 0.6 is 11.3 Å². The van der Waals surface area contributed by atoms with Crippen molar-refractivity contribution in [2.75, 3.05) is 5.32 Å². The van der Waals surface area contributed by atoms with E-state index in [-0.39, 0.29) is 6.54 Å². The van der Waals surface area contributed by atoms with Gasteiger partial charge in [-0.1, -0.05) is 18.2 Å². The van der Waals surface area contributed by atoms with Gasteiger partial charge in [0.05, 0.1) is 16.8 Å². The molecule has 0 aliphatic carbocycles. The van der Waals surface area contributed by atoms with Crippen LogP contribution in [0.1, 0.15) is 11.1 Å². The van der Waals surface area contributed by atoms with Crippen molar-refractivity contribution in [2.45, 2.75) is 12.7 Å². The van der Waals surface area contributed by atoms with Gasteiger partial charge in [-0.3, -0.25) is 0 Å². The Morgan fingerprint density at radius 1 is 1.12 bits per heavy atom. The van der Waals surface area contributed by atoms with Gasteiger partial charge in [-0.15, -0.1) is 11.3 Å². The maximum absolute atomic E-state index is 12.9. The zero-order valence-electron chi connectivity index (χ0n) is 13.2. The number of imidazole rings is 1. The summed E-state index contributed by atoms with van der Waals surface area (Å²) >= 11 is 1.50. The summed E-state index contributed by atoms with van der Waals surface area (Å²) in [5, 5.41) is 5.01. The van der Waals surface area contributed by atoms with E-state index < -0.39 is 11.7 Å². The molecule has 4 rings (SSSR count). The molecule has 0 saturated carbocycles. The number of thiophene rings is 1. The fraction of sp³-hybridized carbons (Fsp3) is 0.118.